The molecule has 0 atom stereocenters. The average Bonchev–Trinajstić information content (AvgIpc) is 3.04. The summed E-state index contributed by atoms with van der Waals surface area (Å²) in [5, 5.41) is 16.6. The fourth-order valence-electron chi connectivity index (χ4n) is 2.31. The molecule has 0 radical (unpaired) electrons. The molecule has 0 spiro atoms. The topological polar surface area (TPSA) is 114 Å². The van der Waals surface area contributed by atoms with Crippen LogP contribution in [0.15, 0.2) is 48.5 Å². The van der Waals surface area contributed by atoms with Crippen molar-refractivity contribution in [1.82, 2.24) is 4.98 Å². The first-order valence-electron chi connectivity index (χ1n) is 7.94. The Labute approximate surface area is 168 Å². The van der Waals surface area contributed by atoms with Crippen LogP contribution < -0.4 is 10.6 Å². The molecule has 28 heavy (non-hydrogen) atoms. The highest BCUT2D eigenvalue weighted by Gasteiger charge is 2.18. The van der Waals surface area contributed by atoms with Gasteiger partial charge in [0.25, 0.3) is 17.5 Å². The van der Waals surface area contributed by atoms with Crippen LogP contribution in [0.2, 0.25) is 5.02 Å². The molecule has 0 aliphatic carbocycles. The number of non-ortho nitro benzene ring substituents is 1. The van der Waals surface area contributed by atoms with E-state index in [0.29, 0.717) is 21.3 Å². The third-order valence-corrected chi connectivity index (χ3v) is 5.09. The lowest BCUT2D eigenvalue weighted by Gasteiger charge is -2.05. The zero-order valence-electron chi connectivity index (χ0n) is 14.4. The van der Waals surface area contributed by atoms with Crippen molar-refractivity contribution in [1.29, 1.82) is 0 Å². The van der Waals surface area contributed by atoms with Crippen LogP contribution in [0.1, 0.15) is 25.7 Å². The van der Waals surface area contributed by atoms with Gasteiger partial charge in [0.05, 0.1) is 21.3 Å². The molecule has 0 bridgehead atoms. The normalized spacial score (nSPS) is 10.4. The summed E-state index contributed by atoms with van der Waals surface area (Å²) in [6, 6.07) is 12.0. The van der Waals surface area contributed by atoms with Crippen LogP contribution in [0.5, 0.6) is 0 Å². The van der Waals surface area contributed by atoms with Gasteiger partial charge in [0.1, 0.15) is 4.88 Å². The average molecular weight is 417 g/mol. The van der Waals surface area contributed by atoms with Gasteiger partial charge in [0.15, 0.2) is 5.13 Å². The maximum atomic E-state index is 12.5. The number of rotatable bonds is 5. The molecule has 0 fully saturated rings. The van der Waals surface area contributed by atoms with Crippen LogP contribution in [0.4, 0.5) is 16.5 Å². The lowest BCUT2D eigenvalue weighted by Crippen LogP contribution is -2.12. The third kappa shape index (κ3) is 4.33. The molecule has 2 N–H and O–H groups in total. The van der Waals surface area contributed by atoms with Crippen molar-refractivity contribution in [3.05, 3.63) is 79.8 Å². The third-order valence-electron chi connectivity index (χ3n) is 3.69. The lowest BCUT2D eigenvalue weighted by atomic mass is 10.2. The minimum absolute atomic E-state index is 0.111. The number of benzene rings is 2. The SMILES string of the molecule is Cc1nc(NC(=O)c2ccc([N+](=O)[O-])cc2)sc1C(=O)Nc1ccccc1Cl. The highest BCUT2D eigenvalue weighted by Crippen LogP contribution is 2.26. The summed E-state index contributed by atoms with van der Waals surface area (Å²) < 4.78 is 0. The minimum atomic E-state index is -0.546. The first kappa shape index (κ1) is 19.5. The number of hydrogen-bond donors (Lipinski definition) is 2. The van der Waals surface area contributed by atoms with Crippen molar-refractivity contribution in [2.24, 2.45) is 0 Å². The number of amides is 2. The van der Waals surface area contributed by atoms with Gasteiger partial charge in [-0.2, -0.15) is 0 Å². The smallest absolute Gasteiger partial charge is 0.269 e. The molecule has 3 rings (SSSR count). The van der Waals surface area contributed by atoms with E-state index in [1.54, 1.807) is 31.2 Å². The second-order valence-corrected chi connectivity index (χ2v) is 7.03. The van der Waals surface area contributed by atoms with E-state index < -0.39 is 10.8 Å². The highest BCUT2D eigenvalue weighted by molar-refractivity contribution is 7.17. The first-order chi connectivity index (χ1) is 13.3. The zero-order chi connectivity index (χ0) is 20.3. The van der Waals surface area contributed by atoms with Gasteiger partial charge in [-0.3, -0.25) is 25.0 Å². The van der Waals surface area contributed by atoms with Crippen LogP contribution in [0, 0.1) is 17.0 Å². The second-order valence-electron chi connectivity index (χ2n) is 5.63. The predicted octanol–water partition coefficient (Wildman–Crippen LogP) is 4.52. The Bertz CT molecular complexity index is 1070. The maximum absolute atomic E-state index is 12.5. The summed E-state index contributed by atoms with van der Waals surface area (Å²) in [6.07, 6.45) is 0. The fourth-order valence-corrected chi connectivity index (χ4v) is 3.35. The molecule has 2 aromatic carbocycles. The van der Waals surface area contributed by atoms with Crippen molar-refractivity contribution in [3.8, 4) is 0 Å². The van der Waals surface area contributed by atoms with Crippen molar-refractivity contribution < 1.29 is 14.5 Å². The Kier molecular flexibility index (Phi) is 5.67. The van der Waals surface area contributed by atoms with Crippen LogP contribution in [-0.2, 0) is 0 Å². The summed E-state index contributed by atoms with van der Waals surface area (Å²) in [4.78, 5) is 39.4. The van der Waals surface area contributed by atoms with Gasteiger partial charge < -0.3 is 5.32 Å². The summed E-state index contributed by atoms with van der Waals surface area (Å²) in [7, 11) is 0. The van der Waals surface area contributed by atoms with Crippen molar-refractivity contribution in [2.75, 3.05) is 10.6 Å². The van der Waals surface area contributed by atoms with Crippen LogP contribution in [-0.4, -0.2) is 21.7 Å². The van der Waals surface area contributed by atoms with Crippen molar-refractivity contribution in [2.45, 2.75) is 6.92 Å². The Morgan fingerprint density at radius 3 is 2.39 bits per heavy atom. The molecule has 0 saturated heterocycles. The van der Waals surface area contributed by atoms with Crippen LogP contribution in [0.3, 0.4) is 0 Å². The molecule has 3 aromatic rings. The molecule has 2 amide bonds. The molecule has 0 unspecified atom stereocenters. The molecule has 1 aromatic heterocycles. The predicted molar refractivity (Wildman–Crippen MR) is 107 cm³/mol. The number of aryl methyl sites for hydroxylation is 1. The van der Waals surface area contributed by atoms with Gasteiger partial charge in [-0.05, 0) is 31.2 Å². The van der Waals surface area contributed by atoms with Gasteiger partial charge in [0, 0.05) is 17.7 Å². The lowest BCUT2D eigenvalue weighted by molar-refractivity contribution is -0.384. The summed E-state index contributed by atoms with van der Waals surface area (Å²) in [5.74, 6) is -0.874. The maximum Gasteiger partial charge on any atom is 0.269 e. The summed E-state index contributed by atoms with van der Waals surface area (Å²) >= 11 is 7.06. The van der Waals surface area contributed by atoms with Gasteiger partial charge in [-0.25, -0.2) is 4.98 Å². The Hall–Kier alpha value is -3.30. The van der Waals surface area contributed by atoms with Gasteiger partial charge in [0.2, 0.25) is 0 Å². The number of nitro groups is 1. The number of para-hydroxylation sites is 1. The van der Waals surface area contributed by atoms with Crippen molar-refractivity contribution in [3.63, 3.8) is 0 Å². The molecule has 0 aliphatic heterocycles. The summed E-state index contributed by atoms with van der Waals surface area (Å²) in [5.41, 5.74) is 1.05. The van der Waals surface area contributed by atoms with Gasteiger partial charge in [-0.15, -0.1) is 0 Å². The Balaban J connectivity index is 1.73. The van der Waals surface area contributed by atoms with E-state index in [0.717, 1.165) is 11.3 Å². The van der Waals surface area contributed by atoms with Crippen molar-refractivity contribution >= 4 is 51.3 Å². The molecular weight excluding hydrogens is 404 g/mol. The van der Waals surface area contributed by atoms with E-state index in [1.807, 2.05) is 0 Å². The number of halogens is 1. The first-order valence-corrected chi connectivity index (χ1v) is 9.13. The van der Waals surface area contributed by atoms with Crippen LogP contribution >= 0.6 is 22.9 Å². The number of hydrogen-bond acceptors (Lipinski definition) is 6. The quantitative estimate of drug-likeness (QED) is 0.468. The second kappa shape index (κ2) is 8.15. The standard InChI is InChI=1S/C18H13ClN4O4S/c1-10-15(17(25)21-14-5-3-2-4-13(14)19)28-18(20-10)22-16(24)11-6-8-12(9-7-11)23(26)27/h2-9H,1H3,(H,21,25)(H,20,22,24). The largest absolute Gasteiger partial charge is 0.320 e. The number of carbonyl (C=O) groups is 2. The molecule has 0 saturated carbocycles. The zero-order valence-corrected chi connectivity index (χ0v) is 16.0. The minimum Gasteiger partial charge on any atom is -0.320 e. The number of carbonyl (C=O) groups excluding carboxylic acids is 2. The molecule has 10 heteroatoms. The molecular formula is C18H13ClN4O4S. The van der Waals surface area contributed by atoms with Gasteiger partial charge >= 0.3 is 0 Å². The monoisotopic (exact) mass is 416 g/mol. The Morgan fingerprint density at radius 1 is 1.07 bits per heavy atom. The highest BCUT2D eigenvalue weighted by atomic mass is 35.5. The van der Waals surface area contributed by atoms with E-state index in [1.165, 1.54) is 24.3 Å². The number of thiazole rings is 1. The fraction of sp³-hybridized carbons (Fsp3) is 0.0556. The van der Waals surface area contributed by atoms with E-state index in [-0.39, 0.29) is 22.3 Å². The van der Waals surface area contributed by atoms with E-state index in [2.05, 4.69) is 15.6 Å². The van der Waals surface area contributed by atoms with Crippen LogP contribution in [0.25, 0.3) is 0 Å². The number of nitrogens with one attached hydrogen (secondary N) is 2. The van der Waals surface area contributed by atoms with Gasteiger partial charge in [-0.1, -0.05) is 35.1 Å². The molecule has 1 heterocycles. The Morgan fingerprint density at radius 2 is 1.75 bits per heavy atom. The van der Waals surface area contributed by atoms with E-state index >= 15 is 0 Å². The van der Waals surface area contributed by atoms with E-state index in [9.17, 15) is 19.7 Å². The number of aromatic nitrogens is 1. The molecule has 8 nitrogen and oxygen atoms in total. The number of nitro benzene ring substituents is 1. The number of anilines is 2. The summed E-state index contributed by atoms with van der Waals surface area (Å²) in [6.45, 7) is 1.65. The molecule has 142 valence electrons. The van der Waals surface area contributed by atoms with E-state index in [4.69, 9.17) is 11.6 Å². The molecule has 0 aliphatic rings. The number of nitrogens with zero attached hydrogens (tertiary/aromatic N) is 2.